The third-order valence-corrected chi connectivity index (χ3v) is 5.43. The minimum absolute atomic E-state index is 0.193. The molecular weight excluding hydrogens is 441 g/mol. The van der Waals surface area contributed by atoms with Gasteiger partial charge in [0.2, 0.25) is 0 Å². The Bertz CT molecular complexity index is 1330. The fraction of sp³-hybridized carbons (Fsp3) is 0.259. The first kappa shape index (κ1) is 25.6. The summed E-state index contributed by atoms with van der Waals surface area (Å²) in [5.41, 5.74) is 11.3. The lowest BCUT2D eigenvalue weighted by atomic mass is 9.99. The highest BCUT2D eigenvalue weighted by molar-refractivity contribution is 6.02. The first-order chi connectivity index (χ1) is 16.7. The molecule has 5 N–H and O–H groups in total. The van der Waals surface area contributed by atoms with E-state index in [0.717, 1.165) is 34.4 Å². The molecule has 0 spiro atoms. The normalized spacial score (nSPS) is 11.9. The van der Waals surface area contributed by atoms with E-state index in [1.54, 1.807) is 36.8 Å². The molecule has 7 nitrogen and oxygen atoms in total. The van der Waals surface area contributed by atoms with Gasteiger partial charge in [0.25, 0.3) is 0 Å². The van der Waals surface area contributed by atoms with Crippen molar-refractivity contribution >= 4 is 33.8 Å². The van der Waals surface area contributed by atoms with Crippen LogP contribution >= 0.6 is 0 Å². The highest BCUT2D eigenvalue weighted by Gasteiger charge is 2.12. The molecule has 0 aliphatic rings. The molecule has 0 radical (unpaired) electrons. The predicted octanol–water partition coefficient (Wildman–Crippen LogP) is 5.98. The maximum atomic E-state index is 14.9. The molecule has 2 aromatic heterocycles. The summed E-state index contributed by atoms with van der Waals surface area (Å²) in [5, 5.41) is 16.1. The number of allylic oxidation sites excluding steroid dienone is 2. The summed E-state index contributed by atoms with van der Waals surface area (Å²) in [6.45, 7) is 10.4. The number of pyridine rings is 2. The Labute approximate surface area is 205 Å². The van der Waals surface area contributed by atoms with Gasteiger partial charge in [-0.2, -0.15) is 0 Å². The molecular formula is C27H32FN7. The molecule has 0 saturated carbocycles. The van der Waals surface area contributed by atoms with Crippen molar-refractivity contribution in [3.63, 3.8) is 0 Å². The zero-order valence-electron chi connectivity index (χ0n) is 20.8. The number of aromatic nitrogens is 2. The topological polar surface area (TPSA) is 112 Å². The summed E-state index contributed by atoms with van der Waals surface area (Å²) in [5.74, 6) is 0.321. The second-order valence-electron chi connectivity index (χ2n) is 8.64. The fourth-order valence-electron chi connectivity index (χ4n) is 3.41. The van der Waals surface area contributed by atoms with Gasteiger partial charge >= 0.3 is 0 Å². The Morgan fingerprint density at radius 1 is 1.11 bits per heavy atom. The molecule has 35 heavy (non-hydrogen) atoms. The van der Waals surface area contributed by atoms with Crippen LogP contribution in [0.3, 0.4) is 0 Å². The number of nitrogens with two attached hydrogens (primary N) is 1. The lowest BCUT2D eigenvalue weighted by Crippen LogP contribution is -2.22. The molecule has 0 atom stereocenters. The number of nitrogens with one attached hydrogen (secondary N) is 3. The zero-order valence-corrected chi connectivity index (χ0v) is 20.8. The number of nitrogen functional groups attached to an aromatic ring is 1. The van der Waals surface area contributed by atoms with Crippen molar-refractivity contribution in [3.05, 3.63) is 71.7 Å². The van der Waals surface area contributed by atoms with Crippen molar-refractivity contribution in [2.24, 2.45) is 4.99 Å². The van der Waals surface area contributed by atoms with Crippen molar-refractivity contribution < 1.29 is 4.39 Å². The van der Waals surface area contributed by atoms with Crippen molar-refractivity contribution in [1.29, 1.82) is 5.41 Å². The van der Waals surface area contributed by atoms with Gasteiger partial charge in [0.15, 0.2) is 0 Å². The number of nitrogens with zero attached hydrogens (tertiary/aromatic N) is 3. The first-order valence-corrected chi connectivity index (χ1v) is 11.4. The van der Waals surface area contributed by atoms with Crippen LogP contribution < -0.4 is 16.4 Å². The number of amidine groups is 1. The number of halogens is 1. The van der Waals surface area contributed by atoms with Crippen LogP contribution in [0.5, 0.6) is 0 Å². The second kappa shape index (κ2) is 11.4. The summed E-state index contributed by atoms with van der Waals surface area (Å²) >= 11 is 0. The van der Waals surface area contributed by atoms with Crippen LogP contribution in [0.2, 0.25) is 0 Å². The molecule has 3 rings (SSSR count). The second-order valence-corrected chi connectivity index (χ2v) is 8.64. The fourth-order valence-corrected chi connectivity index (χ4v) is 3.41. The van der Waals surface area contributed by atoms with Gasteiger partial charge < -0.3 is 16.4 Å². The summed E-state index contributed by atoms with van der Waals surface area (Å²) < 4.78 is 14.9. The van der Waals surface area contributed by atoms with Crippen LogP contribution in [0.1, 0.15) is 39.7 Å². The standard InChI is InChI=1S/C27H32FN7/c1-6-21(33-12-17(4)32-11-16(2)3)10-26(30)35-27-9-19-7-22(24(28)8-20(19)13-34-27)23-14-31-15-25(29)18(23)5/h7-11,13-15,33H,6,12,29H2,1-5H3,(H2,30,34,35)/b21-10-,32-17+. The molecule has 0 bridgehead atoms. The third kappa shape index (κ3) is 6.72. The molecule has 1 aromatic carbocycles. The van der Waals surface area contributed by atoms with Gasteiger partial charge in [-0.1, -0.05) is 12.5 Å². The molecule has 0 aliphatic heterocycles. The maximum Gasteiger partial charge on any atom is 0.132 e. The van der Waals surface area contributed by atoms with E-state index in [1.807, 2.05) is 40.8 Å². The highest BCUT2D eigenvalue weighted by atomic mass is 19.1. The monoisotopic (exact) mass is 473 g/mol. The largest absolute Gasteiger partial charge is 0.397 e. The third-order valence-electron chi connectivity index (χ3n) is 5.43. The molecule has 0 amide bonds. The van der Waals surface area contributed by atoms with Crippen molar-refractivity contribution in [1.82, 2.24) is 15.3 Å². The number of aliphatic imine (C=N–C) groups is 1. The van der Waals surface area contributed by atoms with Crippen LogP contribution in [-0.2, 0) is 0 Å². The Morgan fingerprint density at radius 3 is 2.60 bits per heavy atom. The van der Waals surface area contributed by atoms with E-state index < -0.39 is 0 Å². The number of anilines is 2. The minimum Gasteiger partial charge on any atom is -0.397 e. The van der Waals surface area contributed by atoms with E-state index in [0.29, 0.717) is 34.6 Å². The highest BCUT2D eigenvalue weighted by Crippen LogP contribution is 2.31. The van der Waals surface area contributed by atoms with Gasteiger partial charge in [-0.05, 0) is 69.3 Å². The minimum atomic E-state index is -0.367. The summed E-state index contributed by atoms with van der Waals surface area (Å²) in [6, 6.07) is 5.01. The van der Waals surface area contributed by atoms with E-state index in [-0.39, 0.29) is 11.7 Å². The lowest BCUT2D eigenvalue weighted by molar-refractivity contribution is 0.633. The van der Waals surface area contributed by atoms with Crippen LogP contribution in [0.25, 0.3) is 21.9 Å². The molecule has 0 unspecified atom stereocenters. The van der Waals surface area contributed by atoms with Gasteiger partial charge in [0.05, 0.1) is 18.4 Å². The molecule has 3 aromatic rings. The SMILES string of the molecule is CC/C(=C/C(=N)Nc1cc2cc(-c3cncc(N)c3C)c(F)cc2cn1)NC/C(C)=N/C=C(C)C. The average molecular weight is 474 g/mol. The number of hydrogen-bond acceptors (Lipinski definition) is 6. The number of hydrogen-bond donors (Lipinski definition) is 4. The number of rotatable bonds is 8. The van der Waals surface area contributed by atoms with E-state index >= 15 is 0 Å². The molecule has 2 heterocycles. The Balaban J connectivity index is 1.80. The van der Waals surface area contributed by atoms with Gasteiger partial charge in [-0.15, -0.1) is 0 Å². The molecule has 0 saturated heterocycles. The van der Waals surface area contributed by atoms with Crippen molar-refractivity contribution in [3.8, 4) is 11.1 Å². The van der Waals surface area contributed by atoms with E-state index in [4.69, 9.17) is 11.1 Å². The lowest BCUT2D eigenvalue weighted by Gasteiger charge is -2.12. The molecule has 182 valence electrons. The van der Waals surface area contributed by atoms with Crippen LogP contribution in [0.15, 0.2) is 65.3 Å². The maximum absolute atomic E-state index is 14.9. The Hall–Kier alpha value is -4.07. The Kier molecular flexibility index (Phi) is 8.30. The van der Waals surface area contributed by atoms with E-state index in [1.165, 1.54) is 6.07 Å². The number of fused-ring (bicyclic) bond motifs is 1. The Morgan fingerprint density at radius 2 is 1.89 bits per heavy atom. The van der Waals surface area contributed by atoms with Gasteiger partial charge in [0.1, 0.15) is 17.5 Å². The zero-order chi connectivity index (χ0) is 25.5. The van der Waals surface area contributed by atoms with E-state index in [2.05, 4.69) is 25.6 Å². The summed E-state index contributed by atoms with van der Waals surface area (Å²) in [7, 11) is 0. The van der Waals surface area contributed by atoms with E-state index in [9.17, 15) is 4.39 Å². The van der Waals surface area contributed by atoms with Crippen molar-refractivity contribution in [2.45, 2.75) is 41.0 Å². The molecule has 8 heteroatoms. The summed E-state index contributed by atoms with van der Waals surface area (Å²) in [4.78, 5) is 12.9. The quantitative estimate of drug-likeness (QED) is 0.237. The van der Waals surface area contributed by atoms with Crippen molar-refractivity contribution in [2.75, 3.05) is 17.6 Å². The molecule has 0 aliphatic carbocycles. The van der Waals surface area contributed by atoms with Crippen LogP contribution in [-0.4, -0.2) is 28.1 Å². The number of benzene rings is 1. The predicted molar refractivity (Wildman–Crippen MR) is 144 cm³/mol. The summed E-state index contributed by atoms with van der Waals surface area (Å²) in [6.07, 6.45) is 9.07. The molecule has 0 fully saturated rings. The smallest absolute Gasteiger partial charge is 0.132 e. The van der Waals surface area contributed by atoms with Crippen LogP contribution in [0, 0.1) is 18.2 Å². The van der Waals surface area contributed by atoms with Gasteiger partial charge in [0, 0.05) is 46.5 Å². The van der Waals surface area contributed by atoms with Gasteiger partial charge in [-0.25, -0.2) is 9.37 Å². The van der Waals surface area contributed by atoms with Crippen LogP contribution in [0.4, 0.5) is 15.9 Å². The van der Waals surface area contributed by atoms with Gasteiger partial charge in [-0.3, -0.25) is 15.4 Å². The first-order valence-electron chi connectivity index (χ1n) is 11.4. The average Bonchev–Trinajstić information content (AvgIpc) is 2.82.